The molecule has 0 atom stereocenters. The molecule has 1 aromatic heterocycles. The molecule has 23 heavy (non-hydrogen) atoms. The third kappa shape index (κ3) is 5.96. The number of primary amides is 1. The summed E-state index contributed by atoms with van der Waals surface area (Å²) in [5.41, 5.74) is 7.05. The number of carbonyl (C=O) groups excluding carboxylic acids is 2. The van der Waals surface area contributed by atoms with E-state index in [1.165, 1.54) is 40.4 Å². The van der Waals surface area contributed by atoms with E-state index in [0.29, 0.717) is 20.0 Å². The zero-order chi connectivity index (χ0) is 16.7. The van der Waals surface area contributed by atoms with Crippen molar-refractivity contribution in [2.45, 2.75) is 28.4 Å². The van der Waals surface area contributed by atoms with Gasteiger partial charge in [-0.3, -0.25) is 9.59 Å². The van der Waals surface area contributed by atoms with Crippen LogP contribution < -0.4 is 5.73 Å². The second kappa shape index (κ2) is 9.05. The molecule has 0 bridgehead atoms. The highest BCUT2D eigenvalue weighted by molar-refractivity contribution is 8.03. The molecule has 0 saturated carbocycles. The molecule has 0 spiro atoms. The smallest absolute Gasteiger partial charge is 0.227 e. The number of aromatic nitrogens is 2. The van der Waals surface area contributed by atoms with Crippen LogP contribution in [0.4, 0.5) is 0 Å². The molecule has 1 aromatic carbocycles. The highest BCUT2D eigenvalue weighted by Gasteiger charge is 2.11. The summed E-state index contributed by atoms with van der Waals surface area (Å²) in [6.07, 6.45) is 2.12. The maximum absolute atomic E-state index is 12.2. The van der Waals surface area contributed by atoms with Gasteiger partial charge in [-0.15, -0.1) is 10.2 Å². The summed E-state index contributed by atoms with van der Waals surface area (Å²) in [5.74, 6) is 0.186. The van der Waals surface area contributed by atoms with Gasteiger partial charge in [-0.25, -0.2) is 0 Å². The Morgan fingerprint density at radius 2 is 1.70 bits per heavy atom. The number of nitrogens with two attached hydrogens (primary N) is 1. The van der Waals surface area contributed by atoms with Crippen LogP contribution in [-0.2, 0) is 11.2 Å². The van der Waals surface area contributed by atoms with Gasteiger partial charge in [0.15, 0.2) is 14.5 Å². The second-order valence-corrected chi connectivity index (χ2v) is 8.17. The Morgan fingerprint density at radius 3 is 2.26 bits per heavy atom. The summed E-state index contributed by atoms with van der Waals surface area (Å²) in [7, 11) is 0. The van der Waals surface area contributed by atoms with E-state index in [2.05, 4.69) is 17.1 Å². The molecule has 2 rings (SSSR count). The lowest BCUT2D eigenvalue weighted by molar-refractivity contribution is -0.115. The van der Waals surface area contributed by atoms with Gasteiger partial charge in [0.1, 0.15) is 0 Å². The summed E-state index contributed by atoms with van der Waals surface area (Å²) in [6, 6.07) is 7.76. The van der Waals surface area contributed by atoms with Crippen molar-refractivity contribution < 1.29 is 9.59 Å². The fourth-order valence-corrected chi connectivity index (χ4v) is 4.46. The lowest BCUT2D eigenvalue weighted by Gasteiger charge is -2.02. The fourth-order valence-electron chi connectivity index (χ4n) is 1.80. The number of aryl methyl sites for hydroxylation is 1. The fraction of sp³-hybridized carbons (Fsp3) is 0.333. The molecule has 0 aliphatic rings. The van der Waals surface area contributed by atoms with Crippen LogP contribution in [0.1, 0.15) is 29.3 Å². The van der Waals surface area contributed by atoms with Crippen molar-refractivity contribution in [2.24, 2.45) is 5.73 Å². The van der Waals surface area contributed by atoms with Crippen molar-refractivity contribution in [3.63, 3.8) is 0 Å². The minimum atomic E-state index is -0.388. The van der Waals surface area contributed by atoms with Crippen molar-refractivity contribution in [3.8, 4) is 0 Å². The lowest BCUT2D eigenvalue weighted by atomic mass is 10.1. The summed E-state index contributed by atoms with van der Waals surface area (Å²) < 4.78 is 1.40. The number of carbonyl (C=O) groups is 2. The Morgan fingerprint density at radius 1 is 1.09 bits per heavy atom. The summed E-state index contributed by atoms with van der Waals surface area (Å²) in [4.78, 5) is 22.9. The van der Waals surface area contributed by atoms with Crippen LogP contribution in [0.2, 0.25) is 0 Å². The van der Waals surface area contributed by atoms with E-state index in [0.717, 1.165) is 12.8 Å². The van der Waals surface area contributed by atoms with Crippen molar-refractivity contribution in [3.05, 3.63) is 35.4 Å². The van der Waals surface area contributed by atoms with Gasteiger partial charge >= 0.3 is 0 Å². The van der Waals surface area contributed by atoms with E-state index in [9.17, 15) is 9.59 Å². The lowest BCUT2D eigenvalue weighted by Crippen LogP contribution is -2.12. The van der Waals surface area contributed by atoms with Gasteiger partial charge in [-0.2, -0.15) is 0 Å². The highest BCUT2D eigenvalue weighted by atomic mass is 32.2. The summed E-state index contributed by atoms with van der Waals surface area (Å²) in [5, 5.41) is 7.97. The van der Waals surface area contributed by atoms with E-state index >= 15 is 0 Å². The molecule has 5 nitrogen and oxygen atoms in total. The zero-order valence-corrected chi connectivity index (χ0v) is 15.1. The SMILES string of the molecule is CCCc1ccc(C(=O)CSc2nnc(SCC(N)=O)s2)cc1. The molecule has 0 aliphatic heterocycles. The van der Waals surface area contributed by atoms with Gasteiger partial charge in [-0.1, -0.05) is 72.5 Å². The topological polar surface area (TPSA) is 85.9 Å². The van der Waals surface area contributed by atoms with Crippen LogP contribution in [0.3, 0.4) is 0 Å². The molecule has 122 valence electrons. The van der Waals surface area contributed by atoms with Crippen molar-refractivity contribution >= 4 is 46.6 Å². The molecule has 0 radical (unpaired) electrons. The molecule has 8 heteroatoms. The first-order valence-corrected chi connectivity index (χ1v) is 9.86. The average Bonchev–Trinajstić information content (AvgIpc) is 2.99. The van der Waals surface area contributed by atoms with Gasteiger partial charge in [0.25, 0.3) is 0 Å². The first kappa shape index (κ1) is 18.0. The quantitative estimate of drug-likeness (QED) is 0.541. The highest BCUT2D eigenvalue weighted by Crippen LogP contribution is 2.29. The van der Waals surface area contributed by atoms with Gasteiger partial charge in [-0.05, 0) is 12.0 Å². The van der Waals surface area contributed by atoms with Crippen molar-refractivity contribution in [1.29, 1.82) is 0 Å². The molecule has 2 aromatic rings. The molecule has 0 aliphatic carbocycles. The van der Waals surface area contributed by atoms with Gasteiger partial charge in [0.2, 0.25) is 5.91 Å². The van der Waals surface area contributed by atoms with Crippen LogP contribution in [-0.4, -0.2) is 33.4 Å². The molecule has 1 amide bonds. The summed E-state index contributed by atoms with van der Waals surface area (Å²) >= 11 is 3.98. The van der Waals surface area contributed by atoms with Crippen LogP contribution in [0.5, 0.6) is 0 Å². The van der Waals surface area contributed by atoms with Crippen LogP contribution in [0, 0.1) is 0 Å². The zero-order valence-electron chi connectivity index (χ0n) is 12.7. The third-order valence-corrected chi connectivity index (χ3v) is 6.08. The van der Waals surface area contributed by atoms with E-state index in [4.69, 9.17) is 5.73 Å². The minimum Gasteiger partial charge on any atom is -0.369 e. The molecular formula is C15H17N3O2S3. The minimum absolute atomic E-state index is 0.0691. The first-order chi connectivity index (χ1) is 11.1. The van der Waals surface area contributed by atoms with Crippen molar-refractivity contribution in [2.75, 3.05) is 11.5 Å². The predicted molar refractivity (Wildman–Crippen MR) is 95.3 cm³/mol. The third-order valence-electron chi connectivity index (χ3n) is 2.87. The number of ketones is 1. The maximum Gasteiger partial charge on any atom is 0.227 e. The number of nitrogens with zero attached hydrogens (tertiary/aromatic N) is 2. The van der Waals surface area contributed by atoms with Gasteiger partial charge in [0.05, 0.1) is 11.5 Å². The molecule has 0 saturated heterocycles. The number of hydrogen-bond donors (Lipinski definition) is 1. The number of amides is 1. The number of rotatable bonds is 9. The van der Waals surface area contributed by atoms with E-state index in [-0.39, 0.29) is 17.4 Å². The van der Waals surface area contributed by atoms with E-state index in [1.807, 2.05) is 24.3 Å². The second-order valence-electron chi connectivity index (χ2n) is 4.75. The van der Waals surface area contributed by atoms with E-state index in [1.54, 1.807) is 0 Å². The molecular weight excluding hydrogens is 350 g/mol. The standard InChI is InChI=1S/C15H17N3O2S3/c1-2-3-10-4-6-11(7-5-10)12(19)8-21-14-17-18-15(23-14)22-9-13(16)20/h4-7H,2-3,8-9H2,1H3,(H2,16,20). The number of thioether (sulfide) groups is 2. The van der Waals surface area contributed by atoms with Gasteiger partial charge in [0, 0.05) is 5.56 Å². The predicted octanol–water partition coefficient (Wildman–Crippen LogP) is 3.04. The molecule has 1 heterocycles. The number of hydrogen-bond acceptors (Lipinski definition) is 7. The Labute approximate surface area is 147 Å². The van der Waals surface area contributed by atoms with E-state index < -0.39 is 0 Å². The monoisotopic (exact) mass is 367 g/mol. The van der Waals surface area contributed by atoms with Crippen LogP contribution in [0.25, 0.3) is 0 Å². The molecule has 2 N–H and O–H groups in total. The Balaban J connectivity index is 1.85. The number of Topliss-reactive ketones (excluding diaryl/α,β-unsaturated/α-hetero) is 1. The molecule has 0 unspecified atom stereocenters. The normalized spacial score (nSPS) is 10.7. The Bertz CT molecular complexity index is 671. The largest absolute Gasteiger partial charge is 0.369 e. The average molecular weight is 368 g/mol. The van der Waals surface area contributed by atoms with Gasteiger partial charge < -0.3 is 5.73 Å². The maximum atomic E-state index is 12.2. The molecule has 0 fully saturated rings. The van der Waals surface area contributed by atoms with Crippen LogP contribution >= 0.6 is 34.9 Å². The van der Waals surface area contributed by atoms with Crippen LogP contribution in [0.15, 0.2) is 32.9 Å². The Hall–Kier alpha value is -1.38. The summed E-state index contributed by atoms with van der Waals surface area (Å²) in [6.45, 7) is 2.13. The Kier molecular flexibility index (Phi) is 7.07. The first-order valence-electron chi connectivity index (χ1n) is 7.08. The van der Waals surface area contributed by atoms with Crippen molar-refractivity contribution in [1.82, 2.24) is 10.2 Å². The number of benzene rings is 1.